The summed E-state index contributed by atoms with van der Waals surface area (Å²) in [6, 6.07) is 13.5. The van der Waals surface area contributed by atoms with Gasteiger partial charge in [0.1, 0.15) is 11.6 Å². The molecule has 3 nitrogen and oxygen atoms in total. The number of hydrogen-bond acceptors (Lipinski definition) is 3. The lowest BCUT2D eigenvalue weighted by Gasteiger charge is -2.42. The van der Waals surface area contributed by atoms with Crippen molar-refractivity contribution in [1.29, 1.82) is 0 Å². The fraction of sp³-hybridized carbons (Fsp3) is 0.381. The van der Waals surface area contributed by atoms with Gasteiger partial charge < -0.3 is 5.11 Å². The number of piperidine rings is 1. The molecule has 1 heterocycles. The van der Waals surface area contributed by atoms with Gasteiger partial charge in [0, 0.05) is 30.6 Å². The Morgan fingerprint density at radius 3 is 2.22 bits per heavy atom. The quantitative estimate of drug-likeness (QED) is 0.759. The Hall–Kier alpha value is -1.46. The standard InChI is InChI=1S/C21H23ClFNO2.ClH/c1-15(25)14-20(16-2-8-19(23)9-3-16)24-12-10-21(26,11-13-24)17-4-6-18(22)7-5-17;/h2-9,20,26H,10-14H2,1H3;1H/t20-;/m0./s1. The lowest BCUT2D eigenvalue weighted by Crippen LogP contribution is -2.44. The van der Waals surface area contributed by atoms with E-state index in [0.29, 0.717) is 37.4 Å². The molecule has 1 aliphatic rings. The fourth-order valence-corrected chi connectivity index (χ4v) is 3.80. The van der Waals surface area contributed by atoms with Crippen LogP contribution in [0.25, 0.3) is 0 Å². The lowest BCUT2D eigenvalue weighted by molar-refractivity contribution is -0.118. The molecule has 0 amide bonds. The van der Waals surface area contributed by atoms with Crippen LogP contribution in [-0.2, 0) is 10.4 Å². The number of ketones is 1. The second kappa shape index (κ2) is 9.16. The number of carbonyl (C=O) groups is 1. The number of benzene rings is 2. The predicted octanol–water partition coefficient (Wildman–Crippen LogP) is 4.90. The van der Waals surface area contributed by atoms with E-state index < -0.39 is 5.60 Å². The van der Waals surface area contributed by atoms with E-state index in [2.05, 4.69) is 4.90 Å². The highest BCUT2D eigenvalue weighted by Crippen LogP contribution is 2.37. The van der Waals surface area contributed by atoms with Crippen molar-refractivity contribution < 1.29 is 14.3 Å². The van der Waals surface area contributed by atoms with E-state index in [0.717, 1.165) is 11.1 Å². The normalized spacial score (nSPS) is 17.8. The SMILES string of the molecule is CC(=O)C[C@@H](c1ccc(F)cc1)N1CCC(O)(c2ccc(Cl)cc2)CC1.Cl. The third-order valence-corrected chi connectivity index (χ3v) is 5.44. The van der Waals surface area contributed by atoms with Crippen LogP contribution < -0.4 is 0 Å². The molecule has 6 heteroatoms. The molecule has 3 rings (SSSR count). The Morgan fingerprint density at radius 2 is 1.70 bits per heavy atom. The number of carbonyl (C=O) groups excluding carboxylic acids is 1. The number of halogens is 3. The molecule has 1 saturated heterocycles. The van der Waals surface area contributed by atoms with Crippen LogP contribution in [0.15, 0.2) is 48.5 Å². The van der Waals surface area contributed by atoms with Gasteiger partial charge in [-0.05, 0) is 55.2 Å². The van der Waals surface area contributed by atoms with Gasteiger partial charge in [-0.25, -0.2) is 4.39 Å². The summed E-state index contributed by atoms with van der Waals surface area (Å²) in [5.74, 6) is -0.191. The molecule has 0 radical (unpaired) electrons. The number of nitrogens with zero attached hydrogens (tertiary/aromatic N) is 1. The van der Waals surface area contributed by atoms with Crippen molar-refractivity contribution in [3.05, 3.63) is 70.5 Å². The van der Waals surface area contributed by atoms with E-state index in [1.807, 2.05) is 12.1 Å². The van der Waals surface area contributed by atoms with Crippen molar-refractivity contribution in [2.75, 3.05) is 13.1 Å². The second-order valence-electron chi connectivity index (χ2n) is 7.05. The first kappa shape index (κ1) is 21.8. The summed E-state index contributed by atoms with van der Waals surface area (Å²) < 4.78 is 13.2. The first-order valence-corrected chi connectivity index (χ1v) is 9.22. The number of rotatable bonds is 5. The average Bonchev–Trinajstić information content (AvgIpc) is 2.62. The molecule has 2 aromatic carbocycles. The summed E-state index contributed by atoms with van der Waals surface area (Å²) in [7, 11) is 0. The zero-order chi connectivity index (χ0) is 18.7. The van der Waals surface area contributed by atoms with Gasteiger partial charge in [-0.3, -0.25) is 9.69 Å². The van der Waals surface area contributed by atoms with Crippen molar-refractivity contribution in [3.8, 4) is 0 Å². The Kier molecular flexibility index (Phi) is 7.40. The summed E-state index contributed by atoms with van der Waals surface area (Å²) in [5, 5.41) is 11.7. The van der Waals surface area contributed by atoms with Crippen LogP contribution in [0.4, 0.5) is 4.39 Å². The molecule has 1 N–H and O–H groups in total. The molecular formula is C21H24Cl2FNO2. The van der Waals surface area contributed by atoms with Crippen molar-refractivity contribution >= 4 is 29.8 Å². The maximum atomic E-state index is 13.2. The molecule has 2 aromatic rings. The van der Waals surface area contributed by atoms with Crippen LogP contribution in [0, 0.1) is 5.82 Å². The minimum atomic E-state index is -0.884. The molecule has 1 aliphatic heterocycles. The van der Waals surface area contributed by atoms with E-state index in [9.17, 15) is 14.3 Å². The van der Waals surface area contributed by atoms with Gasteiger partial charge in [0.25, 0.3) is 0 Å². The second-order valence-corrected chi connectivity index (χ2v) is 7.48. The van der Waals surface area contributed by atoms with Crippen molar-refractivity contribution in [3.63, 3.8) is 0 Å². The van der Waals surface area contributed by atoms with E-state index in [1.165, 1.54) is 12.1 Å². The summed E-state index contributed by atoms with van der Waals surface area (Å²) in [4.78, 5) is 14.0. The van der Waals surface area contributed by atoms with Crippen molar-refractivity contribution in [1.82, 2.24) is 4.90 Å². The topological polar surface area (TPSA) is 40.5 Å². The summed E-state index contributed by atoms with van der Waals surface area (Å²) >= 11 is 5.94. The van der Waals surface area contributed by atoms with E-state index in [1.54, 1.807) is 31.2 Å². The minimum Gasteiger partial charge on any atom is -0.385 e. The lowest BCUT2D eigenvalue weighted by atomic mass is 9.83. The van der Waals surface area contributed by atoms with Crippen LogP contribution in [0.2, 0.25) is 5.02 Å². The van der Waals surface area contributed by atoms with Crippen LogP contribution in [0.3, 0.4) is 0 Å². The third-order valence-electron chi connectivity index (χ3n) is 5.18. The van der Waals surface area contributed by atoms with Crippen molar-refractivity contribution in [2.45, 2.75) is 37.8 Å². The predicted molar refractivity (Wildman–Crippen MR) is 108 cm³/mol. The summed E-state index contributed by atoms with van der Waals surface area (Å²) in [6.07, 6.45) is 1.53. The Bertz CT molecular complexity index is 757. The van der Waals surface area contributed by atoms with Gasteiger partial charge in [0.05, 0.1) is 5.60 Å². The van der Waals surface area contributed by atoms with Gasteiger partial charge in [-0.15, -0.1) is 12.4 Å². The zero-order valence-corrected chi connectivity index (χ0v) is 16.8. The number of Topliss-reactive ketones (excluding diaryl/α,β-unsaturated/α-hetero) is 1. The largest absolute Gasteiger partial charge is 0.385 e. The van der Waals surface area contributed by atoms with Gasteiger partial charge >= 0.3 is 0 Å². The van der Waals surface area contributed by atoms with E-state index in [4.69, 9.17) is 11.6 Å². The minimum absolute atomic E-state index is 0. The monoisotopic (exact) mass is 411 g/mol. The van der Waals surface area contributed by atoms with Crippen LogP contribution in [-0.4, -0.2) is 28.9 Å². The maximum absolute atomic E-state index is 13.2. The molecule has 146 valence electrons. The van der Waals surface area contributed by atoms with E-state index >= 15 is 0 Å². The van der Waals surface area contributed by atoms with Crippen LogP contribution in [0.5, 0.6) is 0 Å². The molecule has 0 saturated carbocycles. The molecule has 0 aromatic heterocycles. The van der Waals surface area contributed by atoms with Crippen LogP contribution >= 0.6 is 24.0 Å². The molecule has 0 unspecified atom stereocenters. The first-order chi connectivity index (χ1) is 12.4. The summed E-state index contributed by atoms with van der Waals surface area (Å²) in [6.45, 7) is 2.90. The molecule has 27 heavy (non-hydrogen) atoms. The Balaban J connectivity index is 0.00000261. The number of likely N-dealkylation sites (tertiary alicyclic amines) is 1. The smallest absolute Gasteiger partial charge is 0.131 e. The molecule has 0 spiro atoms. The van der Waals surface area contributed by atoms with Gasteiger partial charge in [0.2, 0.25) is 0 Å². The zero-order valence-electron chi connectivity index (χ0n) is 15.2. The molecular weight excluding hydrogens is 388 g/mol. The molecule has 1 atom stereocenters. The van der Waals surface area contributed by atoms with Crippen LogP contribution in [0.1, 0.15) is 43.4 Å². The number of aliphatic hydroxyl groups is 1. The van der Waals surface area contributed by atoms with E-state index in [-0.39, 0.29) is 30.0 Å². The molecule has 0 aliphatic carbocycles. The van der Waals surface area contributed by atoms with Gasteiger partial charge in [-0.2, -0.15) is 0 Å². The highest BCUT2D eigenvalue weighted by atomic mass is 35.5. The number of hydrogen-bond donors (Lipinski definition) is 1. The van der Waals surface area contributed by atoms with Gasteiger partial charge in [0.15, 0.2) is 0 Å². The third kappa shape index (κ3) is 5.29. The highest BCUT2D eigenvalue weighted by Gasteiger charge is 2.36. The fourth-order valence-electron chi connectivity index (χ4n) is 3.67. The Labute approximate surface area is 170 Å². The maximum Gasteiger partial charge on any atom is 0.131 e. The average molecular weight is 412 g/mol. The van der Waals surface area contributed by atoms with Crippen molar-refractivity contribution in [2.24, 2.45) is 0 Å². The molecule has 1 fully saturated rings. The molecule has 0 bridgehead atoms. The summed E-state index contributed by atoms with van der Waals surface area (Å²) in [5.41, 5.74) is 0.912. The Morgan fingerprint density at radius 1 is 1.15 bits per heavy atom. The highest BCUT2D eigenvalue weighted by molar-refractivity contribution is 6.30. The van der Waals surface area contributed by atoms with Gasteiger partial charge in [-0.1, -0.05) is 35.9 Å². The first-order valence-electron chi connectivity index (χ1n) is 8.85.